The van der Waals surface area contributed by atoms with Crippen LogP contribution < -0.4 is 11.1 Å². The summed E-state index contributed by atoms with van der Waals surface area (Å²) >= 11 is 4.73. The van der Waals surface area contributed by atoms with E-state index in [1.807, 2.05) is 6.92 Å². The molecule has 0 aliphatic heterocycles. The zero-order chi connectivity index (χ0) is 12.6. The maximum absolute atomic E-state index is 13.3. The van der Waals surface area contributed by atoms with Gasteiger partial charge in [0.2, 0.25) is 5.91 Å². The number of thiocarbonyl (C=S) groups is 1. The summed E-state index contributed by atoms with van der Waals surface area (Å²) in [6, 6.07) is 4.21. The summed E-state index contributed by atoms with van der Waals surface area (Å²) in [4.78, 5) is 11.7. The normalized spacial score (nSPS) is 22.0. The van der Waals surface area contributed by atoms with Crippen molar-refractivity contribution in [3.05, 3.63) is 29.6 Å². The Morgan fingerprint density at radius 3 is 2.76 bits per heavy atom. The highest BCUT2D eigenvalue weighted by molar-refractivity contribution is 7.80. The number of halogens is 1. The van der Waals surface area contributed by atoms with Crippen LogP contribution in [0.5, 0.6) is 0 Å². The monoisotopic (exact) mass is 252 g/mol. The minimum Gasteiger partial charge on any atom is -0.389 e. The van der Waals surface area contributed by atoms with Gasteiger partial charge in [-0.05, 0) is 30.5 Å². The lowest BCUT2D eigenvalue weighted by molar-refractivity contribution is -0.117. The predicted molar refractivity (Wildman–Crippen MR) is 68.2 cm³/mol. The number of amides is 1. The maximum atomic E-state index is 13.3. The summed E-state index contributed by atoms with van der Waals surface area (Å²) in [6.07, 6.45) is 0.912. The van der Waals surface area contributed by atoms with Crippen LogP contribution in [0, 0.1) is 17.7 Å². The van der Waals surface area contributed by atoms with E-state index in [1.165, 1.54) is 18.2 Å². The molecule has 1 aliphatic rings. The average molecular weight is 252 g/mol. The maximum Gasteiger partial charge on any atom is 0.227 e. The molecule has 0 bridgehead atoms. The number of nitrogens with one attached hydrogen (secondary N) is 1. The van der Waals surface area contributed by atoms with Gasteiger partial charge in [0.05, 0.1) is 0 Å². The Bertz CT molecular complexity index is 489. The van der Waals surface area contributed by atoms with Crippen molar-refractivity contribution < 1.29 is 9.18 Å². The highest BCUT2D eigenvalue weighted by Gasteiger charge is 2.39. The molecule has 0 spiro atoms. The number of carbonyl (C=O) groups excluding carboxylic acids is 1. The molecular weight excluding hydrogens is 239 g/mol. The van der Waals surface area contributed by atoms with Crippen molar-refractivity contribution in [1.82, 2.24) is 0 Å². The van der Waals surface area contributed by atoms with Crippen LogP contribution in [0.25, 0.3) is 0 Å². The molecule has 1 fully saturated rings. The second kappa shape index (κ2) is 4.41. The Morgan fingerprint density at radius 1 is 1.59 bits per heavy atom. The Balaban J connectivity index is 2.14. The van der Waals surface area contributed by atoms with Gasteiger partial charge in [0.1, 0.15) is 10.8 Å². The van der Waals surface area contributed by atoms with Crippen molar-refractivity contribution in [3.8, 4) is 0 Å². The molecule has 3 nitrogen and oxygen atoms in total. The lowest BCUT2D eigenvalue weighted by Crippen LogP contribution is -2.16. The number of carbonyl (C=O) groups is 1. The average Bonchev–Trinajstić information content (AvgIpc) is 2.98. The van der Waals surface area contributed by atoms with Gasteiger partial charge in [-0.15, -0.1) is 0 Å². The highest BCUT2D eigenvalue weighted by Crippen LogP contribution is 2.38. The molecule has 1 aliphatic carbocycles. The van der Waals surface area contributed by atoms with Gasteiger partial charge in [0, 0.05) is 17.2 Å². The van der Waals surface area contributed by atoms with Gasteiger partial charge in [-0.3, -0.25) is 4.79 Å². The van der Waals surface area contributed by atoms with Gasteiger partial charge < -0.3 is 11.1 Å². The number of rotatable bonds is 3. The summed E-state index contributed by atoms with van der Waals surface area (Å²) in [5.41, 5.74) is 6.07. The smallest absolute Gasteiger partial charge is 0.227 e. The van der Waals surface area contributed by atoms with Gasteiger partial charge in [0.25, 0.3) is 0 Å². The van der Waals surface area contributed by atoms with E-state index in [4.69, 9.17) is 18.0 Å². The molecule has 5 heteroatoms. The van der Waals surface area contributed by atoms with E-state index in [1.54, 1.807) is 0 Å². The van der Waals surface area contributed by atoms with Crippen molar-refractivity contribution in [1.29, 1.82) is 0 Å². The van der Waals surface area contributed by atoms with Crippen LogP contribution >= 0.6 is 12.2 Å². The molecule has 2 rings (SSSR count). The van der Waals surface area contributed by atoms with E-state index in [2.05, 4.69) is 5.32 Å². The Morgan fingerprint density at radius 2 is 2.24 bits per heavy atom. The lowest BCUT2D eigenvalue weighted by atomic mass is 10.2. The summed E-state index contributed by atoms with van der Waals surface area (Å²) in [5, 5.41) is 2.74. The molecule has 17 heavy (non-hydrogen) atoms. The topological polar surface area (TPSA) is 55.1 Å². The second-order valence-electron chi connectivity index (χ2n) is 4.37. The SMILES string of the molecule is CC1CC1C(=O)Nc1ccc(F)c(C(N)=S)c1. The Kier molecular flexibility index (Phi) is 3.11. The number of nitrogens with two attached hydrogens (primary N) is 1. The third kappa shape index (κ3) is 2.61. The molecule has 1 aromatic carbocycles. The Labute approximate surface area is 104 Å². The second-order valence-corrected chi connectivity index (χ2v) is 4.81. The van der Waals surface area contributed by atoms with Crippen LogP contribution in [0.4, 0.5) is 10.1 Å². The Hall–Kier alpha value is -1.49. The summed E-state index contributed by atoms with van der Waals surface area (Å²) in [5.74, 6) is 0.00659. The van der Waals surface area contributed by atoms with Crippen molar-refractivity contribution in [3.63, 3.8) is 0 Å². The standard InChI is InChI=1S/C12H13FN2OS/c1-6-4-8(6)12(16)15-7-2-3-10(13)9(5-7)11(14)17/h2-3,5-6,8H,4H2,1H3,(H2,14,17)(H,15,16). The molecule has 3 N–H and O–H groups in total. The van der Waals surface area contributed by atoms with Crippen molar-refractivity contribution in [2.75, 3.05) is 5.32 Å². The van der Waals surface area contributed by atoms with E-state index >= 15 is 0 Å². The van der Waals surface area contributed by atoms with Gasteiger partial charge in [-0.1, -0.05) is 19.1 Å². The highest BCUT2D eigenvalue weighted by atomic mass is 32.1. The van der Waals surface area contributed by atoms with Crippen LogP contribution in [-0.2, 0) is 4.79 Å². The fourth-order valence-electron chi connectivity index (χ4n) is 1.71. The van der Waals surface area contributed by atoms with Crippen molar-refractivity contribution in [2.45, 2.75) is 13.3 Å². The fourth-order valence-corrected chi connectivity index (χ4v) is 1.87. The molecule has 0 heterocycles. The molecule has 90 valence electrons. The third-order valence-corrected chi connectivity index (χ3v) is 3.17. The molecular formula is C12H13FN2OS. The number of anilines is 1. The quantitative estimate of drug-likeness (QED) is 0.810. The van der Waals surface area contributed by atoms with Gasteiger partial charge in [-0.25, -0.2) is 4.39 Å². The molecule has 1 amide bonds. The van der Waals surface area contributed by atoms with Crippen LogP contribution in [0.1, 0.15) is 18.9 Å². The zero-order valence-corrected chi connectivity index (χ0v) is 10.2. The molecule has 1 saturated carbocycles. The van der Waals surface area contributed by atoms with E-state index in [9.17, 15) is 9.18 Å². The number of hydrogen-bond donors (Lipinski definition) is 2. The first-order chi connectivity index (χ1) is 7.99. The molecule has 2 unspecified atom stereocenters. The fraction of sp³-hybridized carbons (Fsp3) is 0.333. The minimum absolute atomic E-state index is 0.0154. The molecule has 0 saturated heterocycles. The molecule has 0 radical (unpaired) electrons. The summed E-state index contributed by atoms with van der Waals surface area (Å²) in [6.45, 7) is 2.02. The van der Waals surface area contributed by atoms with Gasteiger partial charge in [-0.2, -0.15) is 0 Å². The lowest BCUT2D eigenvalue weighted by Gasteiger charge is -2.07. The predicted octanol–water partition coefficient (Wildman–Crippen LogP) is 2.05. The first-order valence-electron chi connectivity index (χ1n) is 5.39. The van der Waals surface area contributed by atoms with Crippen LogP contribution in [0.3, 0.4) is 0 Å². The summed E-state index contributed by atoms with van der Waals surface area (Å²) < 4.78 is 13.3. The molecule has 1 aromatic rings. The van der Waals surface area contributed by atoms with Crippen molar-refractivity contribution >= 4 is 28.8 Å². The summed E-state index contributed by atoms with van der Waals surface area (Å²) in [7, 11) is 0. The first-order valence-corrected chi connectivity index (χ1v) is 5.80. The largest absolute Gasteiger partial charge is 0.389 e. The van der Waals surface area contributed by atoms with E-state index in [0.29, 0.717) is 11.6 Å². The van der Waals surface area contributed by atoms with Gasteiger partial charge in [0.15, 0.2) is 0 Å². The van der Waals surface area contributed by atoms with Crippen LogP contribution in [0.15, 0.2) is 18.2 Å². The first kappa shape index (κ1) is 12.0. The van der Waals surface area contributed by atoms with Gasteiger partial charge >= 0.3 is 0 Å². The van der Waals surface area contributed by atoms with E-state index < -0.39 is 5.82 Å². The van der Waals surface area contributed by atoms with Crippen molar-refractivity contribution in [2.24, 2.45) is 17.6 Å². The van der Waals surface area contributed by atoms with Crippen LogP contribution in [-0.4, -0.2) is 10.9 Å². The van der Waals surface area contributed by atoms with E-state index in [0.717, 1.165) is 6.42 Å². The minimum atomic E-state index is -0.477. The zero-order valence-electron chi connectivity index (χ0n) is 9.37. The van der Waals surface area contributed by atoms with E-state index in [-0.39, 0.29) is 22.4 Å². The third-order valence-electron chi connectivity index (χ3n) is 2.95. The van der Waals surface area contributed by atoms with Crippen LogP contribution in [0.2, 0.25) is 0 Å². The number of hydrogen-bond acceptors (Lipinski definition) is 2. The molecule has 0 aromatic heterocycles. The molecule has 2 atom stereocenters. The number of benzene rings is 1.